The Labute approximate surface area is 146 Å². The van der Waals surface area contributed by atoms with Crippen LogP contribution >= 0.6 is 0 Å². The molecule has 0 saturated carbocycles. The number of nitrogens with zero attached hydrogens (tertiary/aromatic N) is 3. The fraction of sp³-hybridized carbons (Fsp3) is 0.500. The average molecular weight is 349 g/mol. The van der Waals surface area contributed by atoms with Crippen LogP contribution in [0, 0.1) is 5.82 Å². The van der Waals surface area contributed by atoms with Gasteiger partial charge >= 0.3 is 0 Å². The molecule has 2 rings (SSSR count). The lowest BCUT2D eigenvalue weighted by Crippen LogP contribution is -2.44. The van der Waals surface area contributed by atoms with Crippen LogP contribution in [0.3, 0.4) is 0 Å². The summed E-state index contributed by atoms with van der Waals surface area (Å²) in [6, 6.07) is 3.94. The number of rotatable bonds is 8. The zero-order chi connectivity index (χ0) is 18.4. The summed E-state index contributed by atoms with van der Waals surface area (Å²) < 4.78 is 19.7. The van der Waals surface area contributed by atoms with Gasteiger partial charge in [0.1, 0.15) is 12.4 Å². The molecule has 0 N–H and O–H groups in total. The normalized spacial score (nSPS) is 11.2. The third-order valence-electron chi connectivity index (χ3n) is 4.33. The molecule has 0 bridgehead atoms. The molecule has 1 amide bonds. The van der Waals surface area contributed by atoms with Gasteiger partial charge in [-0.3, -0.25) is 14.2 Å². The highest BCUT2D eigenvalue weighted by molar-refractivity contribution is 5.79. The number of carbonyl (C=O) groups is 1. The minimum Gasteiger partial charge on any atom is -0.383 e. The van der Waals surface area contributed by atoms with Crippen molar-refractivity contribution in [3.63, 3.8) is 0 Å². The van der Waals surface area contributed by atoms with E-state index in [-0.39, 0.29) is 23.9 Å². The minimum atomic E-state index is -0.505. The number of hydrogen-bond donors (Lipinski definition) is 0. The van der Waals surface area contributed by atoms with E-state index in [2.05, 4.69) is 4.98 Å². The maximum Gasteiger partial charge on any atom is 0.261 e. The first-order valence-corrected chi connectivity index (χ1v) is 8.44. The first kappa shape index (κ1) is 19.1. The van der Waals surface area contributed by atoms with Gasteiger partial charge < -0.3 is 9.64 Å². The molecule has 1 heterocycles. The van der Waals surface area contributed by atoms with Crippen LogP contribution in [0.4, 0.5) is 4.39 Å². The molecular formula is C18H24FN3O3. The second-order valence-electron chi connectivity index (χ2n) is 5.89. The number of benzene rings is 1. The molecular weight excluding hydrogens is 325 g/mol. The number of methoxy groups -OCH3 is 1. The van der Waals surface area contributed by atoms with Crippen molar-refractivity contribution in [3.05, 3.63) is 40.7 Å². The van der Waals surface area contributed by atoms with Crippen LogP contribution in [-0.4, -0.2) is 46.7 Å². The maximum atomic E-state index is 13.4. The van der Waals surface area contributed by atoms with Gasteiger partial charge in [0.25, 0.3) is 5.56 Å². The van der Waals surface area contributed by atoms with Crippen LogP contribution in [0.15, 0.2) is 29.3 Å². The van der Waals surface area contributed by atoms with Crippen LogP contribution in [0.5, 0.6) is 0 Å². The largest absolute Gasteiger partial charge is 0.383 e. The van der Waals surface area contributed by atoms with Crippen LogP contribution in [0.1, 0.15) is 26.7 Å². The number of hydrogen-bond acceptors (Lipinski definition) is 4. The molecule has 0 saturated heterocycles. The van der Waals surface area contributed by atoms with E-state index >= 15 is 0 Å². The van der Waals surface area contributed by atoms with Gasteiger partial charge in [0.05, 0.1) is 23.8 Å². The summed E-state index contributed by atoms with van der Waals surface area (Å²) in [6.45, 7) is 4.81. The molecule has 25 heavy (non-hydrogen) atoms. The van der Waals surface area contributed by atoms with Gasteiger partial charge in [-0.05, 0) is 31.0 Å². The van der Waals surface area contributed by atoms with Gasteiger partial charge in [-0.2, -0.15) is 0 Å². The van der Waals surface area contributed by atoms with E-state index in [0.717, 1.165) is 18.9 Å². The third kappa shape index (κ3) is 4.42. The SMILES string of the molecule is CCC(CC)N(CCOC)C(=O)Cn1cnc2ccc(F)cc2c1=O. The summed E-state index contributed by atoms with van der Waals surface area (Å²) in [7, 11) is 1.59. The Morgan fingerprint density at radius 3 is 2.72 bits per heavy atom. The number of aromatic nitrogens is 2. The van der Waals surface area contributed by atoms with Crippen molar-refractivity contribution < 1.29 is 13.9 Å². The minimum absolute atomic E-state index is 0.0872. The van der Waals surface area contributed by atoms with Gasteiger partial charge in [-0.25, -0.2) is 9.37 Å². The molecule has 0 aliphatic carbocycles. The monoisotopic (exact) mass is 349 g/mol. The summed E-state index contributed by atoms with van der Waals surface area (Å²) in [4.78, 5) is 31.1. The van der Waals surface area contributed by atoms with Gasteiger partial charge in [-0.1, -0.05) is 13.8 Å². The zero-order valence-electron chi connectivity index (χ0n) is 14.9. The number of carbonyl (C=O) groups excluding carboxylic acids is 1. The van der Waals surface area contributed by atoms with Gasteiger partial charge in [0.2, 0.25) is 5.91 Å². The summed E-state index contributed by atoms with van der Waals surface area (Å²) >= 11 is 0. The van der Waals surface area contributed by atoms with Crippen molar-refractivity contribution >= 4 is 16.8 Å². The molecule has 136 valence electrons. The number of amides is 1. The Kier molecular flexibility index (Phi) is 6.64. The number of fused-ring (bicyclic) bond motifs is 1. The predicted octanol–water partition coefficient (Wildman–Crippen LogP) is 2.20. The predicted molar refractivity (Wildman–Crippen MR) is 93.9 cm³/mol. The second-order valence-corrected chi connectivity index (χ2v) is 5.89. The first-order chi connectivity index (χ1) is 12.0. The van der Waals surface area contributed by atoms with E-state index in [1.165, 1.54) is 23.0 Å². The van der Waals surface area contributed by atoms with Crippen LogP contribution < -0.4 is 5.56 Å². The van der Waals surface area contributed by atoms with Gasteiger partial charge in [0.15, 0.2) is 0 Å². The molecule has 2 aromatic rings. The molecule has 0 spiro atoms. The Balaban J connectivity index is 2.29. The Morgan fingerprint density at radius 1 is 1.36 bits per heavy atom. The van der Waals surface area contributed by atoms with Crippen molar-refractivity contribution in [2.45, 2.75) is 39.3 Å². The molecule has 0 aliphatic rings. The quantitative estimate of drug-likeness (QED) is 0.733. The Bertz CT molecular complexity index is 787. The van der Waals surface area contributed by atoms with Crippen LogP contribution in [0.2, 0.25) is 0 Å². The lowest BCUT2D eigenvalue weighted by atomic mass is 10.1. The zero-order valence-corrected chi connectivity index (χ0v) is 14.9. The second kappa shape index (κ2) is 8.71. The maximum absolute atomic E-state index is 13.4. The van der Waals surface area contributed by atoms with E-state index in [0.29, 0.717) is 18.7 Å². The molecule has 0 atom stereocenters. The van der Waals surface area contributed by atoms with Crippen molar-refractivity contribution in [2.75, 3.05) is 20.3 Å². The summed E-state index contributed by atoms with van der Waals surface area (Å²) in [6.07, 6.45) is 2.98. The molecule has 0 unspecified atom stereocenters. The molecule has 1 aromatic carbocycles. The third-order valence-corrected chi connectivity index (χ3v) is 4.33. The summed E-state index contributed by atoms with van der Waals surface area (Å²) in [5.41, 5.74) is -0.0135. The molecule has 7 heteroatoms. The molecule has 0 aliphatic heterocycles. The molecule has 6 nitrogen and oxygen atoms in total. The van der Waals surface area contributed by atoms with Gasteiger partial charge in [0, 0.05) is 19.7 Å². The highest BCUT2D eigenvalue weighted by Gasteiger charge is 2.21. The standard InChI is InChI=1S/C18H24FN3O3/c1-4-14(5-2)22(8-9-25-3)17(23)11-21-12-20-16-7-6-13(19)10-15(16)18(21)24/h6-7,10,12,14H,4-5,8-9,11H2,1-3H3. The van der Waals surface area contributed by atoms with Crippen molar-refractivity contribution in [1.29, 1.82) is 0 Å². The molecule has 1 aromatic heterocycles. The van der Waals surface area contributed by atoms with E-state index in [1.807, 2.05) is 13.8 Å². The Morgan fingerprint density at radius 2 is 2.08 bits per heavy atom. The smallest absolute Gasteiger partial charge is 0.261 e. The van der Waals surface area contributed by atoms with E-state index < -0.39 is 11.4 Å². The van der Waals surface area contributed by atoms with E-state index in [9.17, 15) is 14.0 Å². The fourth-order valence-corrected chi connectivity index (χ4v) is 2.91. The highest BCUT2D eigenvalue weighted by atomic mass is 19.1. The lowest BCUT2D eigenvalue weighted by molar-refractivity contribution is -0.135. The summed E-state index contributed by atoms with van der Waals surface area (Å²) in [5, 5.41) is 0.168. The molecule has 0 radical (unpaired) electrons. The first-order valence-electron chi connectivity index (χ1n) is 8.44. The van der Waals surface area contributed by atoms with Crippen LogP contribution in [0.25, 0.3) is 10.9 Å². The summed E-state index contributed by atoms with van der Waals surface area (Å²) in [5.74, 6) is -0.681. The number of ether oxygens (including phenoxy) is 1. The van der Waals surface area contributed by atoms with Crippen molar-refractivity contribution in [3.8, 4) is 0 Å². The van der Waals surface area contributed by atoms with E-state index in [4.69, 9.17) is 4.74 Å². The topological polar surface area (TPSA) is 64.4 Å². The van der Waals surface area contributed by atoms with Gasteiger partial charge in [-0.15, -0.1) is 0 Å². The fourth-order valence-electron chi connectivity index (χ4n) is 2.91. The van der Waals surface area contributed by atoms with Crippen molar-refractivity contribution in [1.82, 2.24) is 14.5 Å². The van der Waals surface area contributed by atoms with Crippen molar-refractivity contribution in [2.24, 2.45) is 0 Å². The Hall–Kier alpha value is -2.28. The number of halogens is 1. The van der Waals surface area contributed by atoms with Crippen LogP contribution in [-0.2, 0) is 16.1 Å². The molecule has 0 fully saturated rings. The lowest BCUT2D eigenvalue weighted by Gasteiger charge is -2.30. The van der Waals surface area contributed by atoms with E-state index in [1.54, 1.807) is 12.0 Å². The average Bonchev–Trinajstić information content (AvgIpc) is 2.61. The highest BCUT2D eigenvalue weighted by Crippen LogP contribution is 2.11.